The van der Waals surface area contributed by atoms with Gasteiger partial charge in [0.25, 0.3) is 0 Å². The lowest BCUT2D eigenvalue weighted by atomic mass is 9.81. The second-order valence-electron chi connectivity index (χ2n) is 12.6. The van der Waals surface area contributed by atoms with Gasteiger partial charge in [0, 0.05) is 5.56 Å². The van der Waals surface area contributed by atoms with E-state index in [4.69, 9.17) is 4.98 Å². The molecular weight excluding hydrogens is 587 g/mol. The minimum Gasteiger partial charge on any atom is -0.236 e. The first-order valence-corrected chi connectivity index (χ1v) is 17.2. The molecule has 0 unspecified atom stereocenters. The Morgan fingerprint density at radius 2 is 1.09 bits per heavy atom. The van der Waals surface area contributed by atoms with Crippen molar-refractivity contribution in [2.45, 2.75) is 12.8 Å². The summed E-state index contributed by atoms with van der Waals surface area (Å²) in [5.41, 5.74) is 10.0. The number of aromatic nitrogens is 1. The molecule has 9 aromatic rings. The summed E-state index contributed by atoms with van der Waals surface area (Å²) in [5, 5.41) is 11.8. The molecular formula is C45H29NS. The third-order valence-electron chi connectivity index (χ3n) is 9.95. The smallest absolute Gasteiger partial charge is 0.124 e. The first-order valence-electron chi connectivity index (χ1n) is 16.4. The van der Waals surface area contributed by atoms with Gasteiger partial charge >= 0.3 is 0 Å². The van der Waals surface area contributed by atoms with E-state index < -0.39 is 0 Å². The van der Waals surface area contributed by atoms with Crippen LogP contribution >= 0.6 is 11.3 Å². The van der Waals surface area contributed by atoms with Crippen LogP contribution in [0.5, 0.6) is 0 Å². The summed E-state index contributed by atoms with van der Waals surface area (Å²) in [7, 11) is 0. The first kappa shape index (κ1) is 26.6. The molecule has 10 rings (SSSR count). The van der Waals surface area contributed by atoms with E-state index in [-0.39, 0.29) is 0 Å². The minimum absolute atomic E-state index is 1.06. The Morgan fingerprint density at radius 3 is 1.85 bits per heavy atom. The molecule has 1 aliphatic carbocycles. The normalized spacial score (nSPS) is 12.9. The van der Waals surface area contributed by atoms with Gasteiger partial charge in [0.2, 0.25) is 0 Å². The molecule has 220 valence electrons. The Hall–Kier alpha value is -5.57. The molecule has 47 heavy (non-hydrogen) atoms. The summed E-state index contributed by atoms with van der Waals surface area (Å²) < 4.78 is 1.22. The number of fused-ring (bicyclic) bond motifs is 12. The summed E-state index contributed by atoms with van der Waals surface area (Å²) in [5.74, 6) is 0. The summed E-state index contributed by atoms with van der Waals surface area (Å²) in [4.78, 5) is 4.89. The number of hydrogen-bond donors (Lipinski definition) is 0. The molecule has 0 saturated carbocycles. The maximum atomic E-state index is 4.89. The SMILES string of the molecule is C1=Cc2c(c3ccccc3c3c4cc(-c5ccccc5)ccc4c4ccc(-c5ccc(-c6nc7ccccc7s6)cc5)cc4c23)CC1. The van der Waals surface area contributed by atoms with Gasteiger partial charge in [0.05, 0.1) is 10.2 Å². The zero-order chi connectivity index (χ0) is 30.9. The van der Waals surface area contributed by atoms with Crippen LogP contribution in [0.1, 0.15) is 17.5 Å². The Labute approximate surface area is 277 Å². The Balaban J connectivity index is 1.24. The van der Waals surface area contributed by atoms with Gasteiger partial charge in [0.1, 0.15) is 5.01 Å². The van der Waals surface area contributed by atoms with Crippen LogP contribution in [0.4, 0.5) is 0 Å². The van der Waals surface area contributed by atoms with Gasteiger partial charge in [-0.15, -0.1) is 11.3 Å². The van der Waals surface area contributed by atoms with Crippen LogP contribution in [-0.4, -0.2) is 4.98 Å². The number of hydrogen-bond acceptors (Lipinski definition) is 2. The van der Waals surface area contributed by atoms with Crippen LogP contribution in [0, 0.1) is 0 Å². The maximum Gasteiger partial charge on any atom is 0.124 e. The van der Waals surface area contributed by atoms with Gasteiger partial charge in [-0.05, 0) is 114 Å². The number of aryl methyl sites for hydroxylation is 1. The number of nitrogens with zero attached hydrogens (tertiary/aromatic N) is 1. The highest BCUT2D eigenvalue weighted by atomic mass is 32.1. The Bertz CT molecular complexity index is 2680. The lowest BCUT2D eigenvalue weighted by Crippen LogP contribution is -1.99. The summed E-state index contributed by atoms with van der Waals surface area (Å²) >= 11 is 1.75. The molecule has 1 heterocycles. The van der Waals surface area contributed by atoms with Gasteiger partial charge in [-0.25, -0.2) is 4.98 Å². The van der Waals surface area contributed by atoms with Gasteiger partial charge < -0.3 is 0 Å². The predicted molar refractivity (Wildman–Crippen MR) is 203 cm³/mol. The summed E-state index contributed by atoms with van der Waals surface area (Å²) in [6.07, 6.45) is 6.90. The Morgan fingerprint density at radius 1 is 0.468 bits per heavy atom. The molecule has 0 spiro atoms. The van der Waals surface area contributed by atoms with Crippen molar-refractivity contribution in [3.05, 3.63) is 157 Å². The third-order valence-corrected chi connectivity index (χ3v) is 11.0. The van der Waals surface area contributed by atoms with Crippen molar-refractivity contribution >= 4 is 70.7 Å². The number of para-hydroxylation sites is 1. The molecule has 0 fully saturated rings. The number of allylic oxidation sites excluding steroid dienone is 1. The second kappa shape index (κ2) is 10.5. The summed E-state index contributed by atoms with van der Waals surface area (Å²) in [6.45, 7) is 0. The van der Waals surface area contributed by atoms with Crippen LogP contribution < -0.4 is 0 Å². The minimum atomic E-state index is 1.06. The standard InChI is InChI=1S/C45H29NS/c1-2-10-28(11-3-1)31-22-24-35-36-25-23-32(29-18-20-30(21-19-29)45-46-41-16-8-9-17-42(41)47-45)27-40(36)44-38-15-7-5-13-34(38)33-12-4-6-14-37(33)43(44)39(35)26-31/h1-4,6-12,14-27H,5,13H2. The molecule has 1 nitrogen and oxygen atoms in total. The van der Waals surface area contributed by atoms with E-state index in [9.17, 15) is 0 Å². The van der Waals surface area contributed by atoms with Gasteiger partial charge in [-0.1, -0.05) is 127 Å². The van der Waals surface area contributed by atoms with Crippen molar-refractivity contribution in [2.75, 3.05) is 0 Å². The fourth-order valence-electron chi connectivity index (χ4n) is 7.73. The van der Waals surface area contributed by atoms with Crippen molar-refractivity contribution in [2.24, 2.45) is 0 Å². The Kier molecular flexibility index (Phi) is 5.94. The molecule has 0 bridgehead atoms. The van der Waals surface area contributed by atoms with E-state index in [1.807, 2.05) is 0 Å². The average Bonchev–Trinajstić information content (AvgIpc) is 3.59. The fourth-order valence-corrected chi connectivity index (χ4v) is 8.70. The molecule has 2 heteroatoms. The summed E-state index contributed by atoms with van der Waals surface area (Å²) in [6, 6.07) is 51.3. The van der Waals surface area contributed by atoms with Gasteiger partial charge in [-0.3, -0.25) is 0 Å². The van der Waals surface area contributed by atoms with E-state index in [0.29, 0.717) is 0 Å². The number of benzene rings is 8. The van der Waals surface area contributed by atoms with Crippen molar-refractivity contribution < 1.29 is 0 Å². The lowest BCUT2D eigenvalue weighted by molar-refractivity contribution is 1.00. The van der Waals surface area contributed by atoms with Crippen LogP contribution in [0.3, 0.4) is 0 Å². The van der Waals surface area contributed by atoms with Crippen molar-refractivity contribution in [3.63, 3.8) is 0 Å². The van der Waals surface area contributed by atoms with Gasteiger partial charge in [0.15, 0.2) is 0 Å². The van der Waals surface area contributed by atoms with Crippen LogP contribution in [0.15, 0.2) is 146 Å². The molecule has 1 aromatic heterocycles. The predicted octanol–water partition coefficient (Wildman–Crippen LogP) is 12.9. The number of rotatable bonds is 3. The highest BCUT2D eigenvalue weighted by Crippen LogP contribution is 2.46. The first-order chi connectivity index (χ1) is 23.3. The van der Waals surface area contributed by atoms with Crippen LogP contribution in [0.2, 0.25) is 0 Å². The molecule has 0 atom stereocenters. The quantitative estimate of drug-likeness (QED) is 0.180. The molecule has 1 aliphatic rings. The zero-order valence-corrected chi connectivity index (χ0v) is 26.5. The third kappa shape index (κ3) is 4.19. The zero-order valence-electron chi connectivity index (χ0n) is 25.7. The average molecular weight is 616 g/mol. The molecule has 8 aromatic carbocycles. The van der Waals surface area contributed by atoms with E-state index in [1.54, 1.807) is 11.3 Å². The van der Waals surface area contributed by atoms with Crippen molar-refractivity contribution in [1.29, 1.82) is 0 Å². The van der Waals surface area contributed by atoms with E-state index in [0.717, 1.165) is 28.9 Å². The topological polar surface area (TPSA) is 12.9 Å². The molecule has 0 amide bonds. The molecule has 0 aliphatic heterocycles. The molecule has 0 N–H and O–H groups in total. The van der Waals surface area contributed by atoms with Crippen LogP contribution in [-0.2, 0) is 6.42 Å². The molecule has 0 saturated heterocycles. The fraction of sp³-hybridized carbons (Fsp3) is 0.0444. The second-order valence-corrected chi connectivity index (χ2v) is 13.6. The highest BCUT2D eigenvalue weighted by Gasteiger charge is 2.20. The van der Waals surface area contributed by atoms with Crippen molar-refractivity contribution in [3.8, 4) is 32.8 Å². The van der Waals surface area contributed by atoms with E-state index >= 15 is 0 Å². The molecule has 0 radical (unpaired) electrons. The highest BCUT2D eigenvalue weighted by molar-refractivity contribution is 7.21. The van der Waals surface area contributed by atoms with Crippen LogP contribution in [0.25, 0.3) is 92.2 Å². The van der Waals surface area contributed by atoms with E-state index in [2.05, 4.69) is 152 Å². The maximum absolute atomic E-state index is 4.89. The van der Waals surface area contributed by atoms with Crippen molar-refractivity contribution in [1.82, 2.24) is 4.98 Å². The monoisotopic (exact) mass is 615 g/mol. The number of thiazole rings is 1. The van der Waals surface area contributed by atoms with E-state index in [1.165, 1.54) is 81.2 Å². The largest absolute Gasteiger partial charge is 0.236 e. The van der Waals surface area contributed by atoms with Gasteiger partial charge in [-0.2, -0.15) is 0 Å². The lowest BCUT2D eigenvalue weighted by Gasteiger charge is -2.22.